The highest BCUT2D eigenvalue weighted by Crippen LogP contribution is 2.71. The molecular weight excluding hydrogens is 580 g/mol. The van der Waals surface area contributed by atoms with E-state index in [4.69, 9.17) is 18.9 Å². The number of benzene rings is 1. The standard InChI is InChI=1S/C35H48O10/c1-20-29(37)25(42-5)18-28(43-20)44-24-12-13-31(3)23(17-24)11-14-34(40)26(31)19-27(45-30(38)22-9-7-6-8-10-22)32(4)33(39,21(2)36)15-16-35(32,34)41/h6-11,20,24-29,37,39-41H,12-19H2,1-5H3/t20-,24?,25+,26-,27?,28+,29-,31+,32-,33+,34+,35+/m1/s1. The first-order valence-corrected chi connectivity index (χ1v) is 16.3. The van der Waals surface area contributed by atoms with Gasteiger partial charge in [-0.05, 0) is 83.3 Å². The number of aliphatic hydroxyl groups excluding tert-OH is 1. The van der Waals surface area contributed by atoms with Gasteiger partial charge in [0.1, 0.15) is 29.0 Å². The lowest BCUT2D eigenvalue weighted by molar-refractivity contribution is -0.313. The van der Waals surface area contributed by atoms with Gasteiger partial charge in [-0.1, -0.05) is 36.8 Å². The van der Waals surface area contributed by atoms with Gasteiger partial charge in [-0.25, -0.2) is 4.79 Å². The van der Waals surface area contributed by atoms with E-state index in [2.05, 4.69) is 6.92 Å². The number of carbonyl (C=O) groups is 2. The summed E-state index contributed by atoms with van der Waals surface area (Å²) in [5.74, 6) is -1.66. The van der Waals surface area contributed by atoms with Gasteiger partial charge in [-0.2, -0.15) is 0 Å². The van der Waals surface area contributed by atoms with E-state index in [9.17, 15) is 30.0 Å². The van der Waals surface area contributed by atoms with Gasteiger partial charge in [0.25, 0.3) is 0 Å². The summed E-state index contributed by atoms with van der Waals surface area (Å²) in [6.07, 6.45) is 1.27. The van der Waals surface area contributed by atoms with Crippen LogP contribution in [-0.2, 0) is 23.7 Å². The normalized spacial score (nSPS) is 47.6. The van der Waals surface area contributed by atoms with E-state index in [0.717, 1.165) is 5.57 Å². The molecule has 3 saturated carbocycles. The van der Waals surface area contributed by atoms with Gasteiger partial charge < -0.3 is 39.4 Å². The van der Waals surface area contributed by atoms with Crippen LogP contribution < -0.4 is 0 Å². The number of fused-ring (bicyclic) bond motifs is 5. The zero-order valence-electron chi connectivity index (χ0n) is 26.9. The third-order valence-electron chi connectivity index (χ3n) is 12.7. The van der Waals surface area contributed by atoms with Crippen molar-refractivity contribution >= 4 is 11.8 Å². The summed E-state index contributed by atoms with van der Waals surface area (Å²) >= 11 is 0. The Kier molecular flexibility index (Phi) is 8.16. The first kappa shape index (κ1) is 32.7. The van der Waals surface area contributed by atoms with Gasteiger partial charge in [0.2, 0.25) is 0 Å². The average molecular weight is 629 g/mol. The Bertz CT molecular complexity index is 1350. The molecule has 1 aliphatic heterocycles. The van der Waals surface area contributed by atoms with Crippen LogP contribution in [0.4, 0.5) is 0 Å². The largest absolute Gasteiger partial charge is 0.458 e. The Labute approximate surface area is 264 Å². The minimum Gasteiger partial charge on any atom is -0.458 e. The second kappa shape index (κ2) is 11.2. The molecule has 2 unspecified atom stereocenters. The molecule has 10 heteroatoms. The van der Waals surface area contributed by atoms with Gasteiger partial charge in [-0.3, -0.25) is 4.79 Å². The average Bonchev–Trinajstić information content (AvgIpc) is 3.25. The van der Waals surface area contributed by atoms with Crippen LogP contribution in [-0.4, -0.2) is 92.9 Å². The van der Waals surface area contributed by atoms with Crippen molar-refractivity contribution in [2.75, 3.05) is 7.11 Å². The minimum atomic E-state index is -1.99. The maximum Gasteiger partial charge on any atom is 0.338 e. The summed E-state index contributed by atoms with van der Waals surface area (Å²) < 4.78 is 24.0. The molecule has 0 radical (unpaired) electrons. The van der Waals surface area contributed by atoms with Crippen molar-refractivity contribution in [1.29, 1.82) is 0 Å². The van der Waals surface area contributed by atoms with Crippen molar-refractivity contribution < 1.29 is 49.0 Å². The van der Waals surface area contributed by atoms with Crippen LogP contribution in [0.5, 0.6) is 0 Å². The smallest absolute Gasteiger partial charge is 0.338 e. The number of aliphatic hydroxyl groups is 4. The molecule has 5 aliphatic rings. The Morgan fingerprint density at radius 1 is 1.02 bits per heavy atom. The second-order valence-electron chi connectivity index (χ2n) is 14.6. The predicted octanol–water partition coefficient (Wildman–Crippen LogP) is 3.23. The van der Waals surface area contributed by atoms with Crippen LogP contribution >= 0.6 is 0 Å². The third kappa shape index (κ3) is 4.62. The lowest BCUT2D eigenvalue weighted by Crippen LogP contribution is -2.78. The number of esters is 1. The fraction of sp³-hybridized carbons (Fsp3) is 0.714. The molecule has 1 aromatic carbocycles. The predicted molar refractivity (Wildman–Crippen MR) is 162 cm³/mol. The van der Waals surface area contributed by atoms with Crippen LogP contribution in [0.1, 0.15) is 89.4 Å². The highest BCUT2D eigenvalue weighted by Gasteiger charge is 2.81. The van der Waals surface area contributed by atoms with Gasteiger partial charge in [0.15, 0.2) is 12.1 Å². The van der Waals surface area contributed by atoms with Crippen molar-refractivity contribution in [1.82, 2.24) is 0 Å². The molecule has 0 bridgehead atoms. The fourth-order valence-electron chi connectivity index (χ4n) is 9.79. The molecule has 248 valence electrons. The van der Waals surface area contributed by atoms with Gasteiger partial charge >= 0.3 is 5.97 Å². The number of Topliss-reactive ketones (excluding diaryl/α,β-unsaturated/α-hetero) is 1. The molecular formula is C35H48O10. The third-order valence-corrected chi connectivity index (χ3v) is 12.7. The summed E-state index contributed by atoms with van der Waals surface area (Å²) in [5, 5.41) is 47.6. The Balaban J connectivity index is 1.32. The van der Waals surface area contributed by atoms with E-state index in [1.807, 2.05) is 6.08 Å². The summed E-state index contributed by atoms with van der Waals surface area (Å²) in [4.78, 5) is 26.5. The Morgan fingerprint density at radius 2 is 1.73 bits per heavy atom. The van der Waals surface area contributed by atoms with E-state index in [0.29, 0.717) is 31.2 Å². The maximum absolute atomic E-state index is 13.5. The molecule has 1 saturated heterocycles. The lowest BCUT2D eigenvalue weighted by atomic mass is 9.42. The van der Waals surface area contributed by atoms with Crippen molar-refractivity contribution in [2.45, 2.75) is 133 Å². The molecule has 1 aromatic rings. The van der Waals surface area contributed by atoms with E-state index in [1.54, 1.807) is 51.3 Å². The minimum absolute atomic E-state index is 0.0132. The van der Waals surface area contributed by atoms with Crippen molar-refractivity contribution in [3.63, 3.8) is 0 Å². The molecule has 0 amide bonds. The second-order valence-corrected chi connectivity index (χ2v) is 14.6. The highest BCUT2D eigenvalue weighted by atomic mass is 16.7. The van der Waals surface area contributed by atoms with Crippen molar-refractivity contribution in [3.05, 3.63) is 47.5 Å². The van der Waals surface area contributed by atoms with Gasteiger partial charge in [-0.15, -0.1) is 0 Å². The van der Waals surface area contributed by atoms with E-state index < -0.39 is 69.9 Å². The highest BCUT2D eigenvalue weighted by molar-refractivity contribution is 5.90. The molecule has 4 fully saturated rings. The van der Waals surface area contributed by atoms with E-state index in [-0.39, 0.29) is 37.9 Å². The SMILES string of the molecule is CO[C@H]1C[C@H](OC2CC[C@@]3(C)C(=CC[C@]4(O)[C@@H]3CC(OC(=O)c3ccccc3)[C@@]3(C)[C@@]4(O)CC[C@]3(O)C(C)=O)C2)O[C@H](C)[C@H]1O. The first-order valence-electron chi connectivity index (χ1n) is 16.3. The molecule has 4 N–H and O–H groups in total. The number of methoxy groups -OCH3 is 1. The molecule has 4 aliphatic carbocycles. The fourth-order valence-corrected chi connectivity index (χ4v) is 9.79. The number of ether oxygens (including phenoxy) is 4. The zero-order chi connectivity index (χ0) is 32.6. The van der Waals surface area contributed by atoms with E-state index >= 15 is 0 Å². The van der Waals surface area contributed by atoms with Gasteiger partial charge in [0, 0.05) is 19.4 Å². The van der Waals surface area contributed by atoms with Crippen molar-refractivity contribution in [3.8, 4) is 0 Å². The zero-order valence-corrected chi connectivity index (χ0v) is 26.9. The molecule has 45 heavy (non-hydrogen) atoms. The number of hydrogen-bond acceptors (Lipinski definition) is 10. The van der Waals surface area contributed by atoms with Crippen LogP contribution in [0.25, 0.3) is 0 Å². The monoisotopic (exact) mass is 628 g/mol. The number of ketones is 1. The summed E-state index contributed by atoms with van der Waals surface area (Å²) in [6, 6.07) is 8.52. The Morgan fingerprint density at radius 3 is 2.40 bits per heavy atom. The first-order chi connectivity index (χ1) is 21.1. The molecule has 12 atom stereocenters. The van der Waals surface area contributed by atoms with Crippen LogP contribution in [0.2, 0.25) is 0 Å². The van der Waals surface area contributed by atoms with Gasteiger partial charge in [0.05, 0.1) is 29.3 Å². The topological polar surface area (TPSA) is 152 Å². The Hall–Kier alpha value is -2.18. The molecule has 1 heterocycles. The molecule has 6 rings (SSSR count). The van der Waals surface area contributed by atoms with Crippen LogP contribution in [0, 0.1) is 16.7 Å². The quantitative estimate of drug-likeness (QED) is 0.273. The number of hydrogen-bond donors (Lipinski definition) is 4. The van der Waals surface area contributed by atoms with E-state index in [1.165, 1.54) is 6.92 Å². The number of rotatable bonds is 6. The number of carbonyl (C=O) groups excluding carboxylic acids is 2. The molecule has 0 spiro atoms. The molecule has 10 nitrogen and oxygen atoms in total. The lowest BCUT2D eigenvalue weighted by Gasteiger charge is -2.67. The summed E-state index contributed by atoms with van der Waals surface area (Å²) in [7, 11) is 1.57. The van der Waals surface area contributed by atoms with Crippen LogP contribution in [0.15, 0.2) is 42.0 Å². The van der Waals surface area contributed by atoms with Crippen LogP contribution in [0.3, 0.4) is 0 Å². The summed E-state index contributed by atoms with van der Waals surface area (Å²) in [5.41, 5.74) is -6.37. The molecule has 0 aromatic heterocycles. The summed E-state index contributed by atoms with van der Waals surface area (Å²) in [6.45, 7) is 6.78. The maximum atomic E-state index is 13.5. The van der Waals surface area contributed by atoms with Crippen molar-refractivity contribution in [2.24, 2.45) is 16.7 Å².